The Morgan fingerprint density at radius 2 is 1.71 bits per heavy atom. The van der Waals surface area contributed by atoms with E-state index in [0.29, 0.717) is 6.04 Å². The molecule has 2 heterocycles. The standard InChI is InChI=1S/C23H23N3S2/c1-3-9-16(10-4-1)15-27-23-25-20-18-13-7-8-14-19(18)28-21(20)22(26-23)24-17-11-5-2-6-12-17/h1,3-4,7-10,13-14,17H,2,5-6,11-12,15H2,(H,24,25,26). The number of nitrogens with zero attached hydrogens (tertiary/aromatic N) is 2. The first-order chi connectivity index (χ1) is 13.9. The fraction of sp³-hybridized carbons (Fsp3) is 0.304. The summed E-state index contributed by atoms with van der Waals surface area (Å²) in [6.07, 6.45) is 6.46. The number of rotatable bonds is 5. The molecule has 1 saturated carbocycles. The van der Waals surface area contributed by atoms with Gasteiger partial charge in [0.05, 0.1) is 10.2 Å². The van der Waals surface area contributed by atoms with Gasteiger partial charge in [0.15, 0.2) is 5.16 Å². The van der Waals surface area contributed by atoms with E-state index in [9.17, 15) is 0 Å². The summed E-state index contributed by atoms with van der Waals surface area (Å²) in [5.74, 6) is 1.91. The first-order valence-corrected chi connectivity index (χ1v) is 11.8. The highest BCUT2D eigenvalue weighted by molar-refractivity contribution is 7.98. The maximum atomic E-state index is 4.96. The Morgan fingerprint density at radius 1 is 0.929 bits per heavy atom. The van der Waals surface area contributed by atoms with E-state index >= 15 is 0 Å². The molecule has 1 N–H and O–H groups in total. The molecular weight excluding hydrogens is 382 g/mol. The van der Waals surface area contributed by atoms with Gasteiger partial charge in [-0.1, -0.05) is 79.6 Å². The van der Waals surface area contributed by atoms with Gasteiger partial charge in [-0.3, -0.25) is 0 Å². The van der Waals surface area contributed by atoms with Gasteiger partial charge in [-0.05, 0) is 24.5 Å². The largest absolute Gasteiger partial charge is 0.366 e. The SMILES string of the molecule is c1ccc(CSc2nc(NC3CCCCC3)c3sc4ccccc4c3n2)cc1. The average Bonchev–Trinajstić information content (AvgIpc) is 3.13. The van der Waals surface area contributed by atoms with Crippen LogP contribution in [-0.4, -0.2) is 16.0 Å². The Labute approximate surface area is 173 Å². The Kier molecular flexibility index (Phi) is 5.19. The van der Waals surface area contributed by atoms with Crippen molar-refractivity contribution in [1.82, 2.24) is 9.97 Å². The molecule has 0 amide bonds. The molecule has 2 aromatic heterocycles. The summed E-state index contributed by atoms with van der Waals surface area (Å²) < 4.78 is 2.47. The third kappa shape index (κ3) is 3.74. The molecule has 5 rings (SSSR count). The summed E-state index contributed by atoms with van der Waals surface area (Å²) in [5, 5.41) is 5.86. The number of benzene rings is 2. The molecule has 0 atom stereocenters. The van der Waals surface area contributed by atoms with Gasteiger partial charge in [-0.15, -0.1) is 11.3 Å². The van der Waals surface area contributed by atoms with Crippen LogP contribution in [0.1, 0.15) is 37.7 Å². The lowest BCUT2D eigenvalue weighted by Gasteiger charge is -2.23. The molecule has 0 saturated heterocycles. The van der Waals surface area contributed by atoms with Gasteiger partial charge < -0.3 is 5.32 Å². The highest BCUT2D eigenvalue weighted by Crippen LogP contribution is 2.38. The van der Waals surface area contributed by atoms with E-state index in [1.165, 1.54) is 52.5 Å². The second-order valence-electron chi connectivity index (χ2n) is 7.38. The molecule has 5 heteroatoms. The number of fused-ring (bicyclic) bond motifs is 3. The summed E-state index contributed by atoms with van der Waals surface area (Å²) >= 11 is 3.52. The van der Waals surface area contributed by atoms with Crippen LogP contribution in [0.2, 0.25) is 0 Å². The summed E-state index contributed by atoms with van der Waals surface area (Å²) in [6, 6.07) is 19.6. The van der Waals surface area contributed by atoms with E-state index in [1.807, 2.05) is 0 Å². The molecule has 1 aliphatic carbocycles. The minimum absolute atomic E-state index is 0.532. The van der Waals surface area contributed by atoms with Crippen LogP contribution in [0.3, 0.4) is 0 Å². The number of thiophene rings is 1. The van der Waals surface area contributed by atoms with Crippen LogP contribution in [-0.2, 0) is 5.75 Å². The van der Waals surface area contributed by atoms with Gasteiger partial charge in [0.25, 0.3) is 0 Å². The summed E-state index contributed by atoms with van der Waals surface area (Å²) in [6.45, 7) is 0. The van der Waals surface area contributed by atoms with E-state index in [0.717, 1.165) is 22.2 Å². The molecule has 0 aliphatic heterocycles. The molecule has 3 nitrogen and oxygen atoms in total. The van der Waals surface area contributed by atoms with Crippen LogP contribution in [0.25, 0.3) is 20.3 Å². The molecule has 4 aromatic rings. The minimum atomic E-state index is 0.532. The maximum Gasteiger partial charge on any atom is 0.190 e. The third-order valence-corrected chi connectivity index (χ3v) is 7.44. The van der Waals surface area contributed by atoms with Crippen molar-refractivity contribution < 1.29 is 0 Å². The highest BCUT2D eigenvalue weighted by atomic mass is 32.2. The van der Waals surface area contributed by atoms with Gasteiger partial charge >= 0.3 is 0 Å². The minimum Gasteiger partial charge on any atom is -0.366 e. The summed E-state index contributed by atoms with van der Waals surface area (Å²) in [7, 11) is 0. The fourth-order valence-electron chi connectivity index (χ4n) is 3.90. The van der Waals surface area contributed by atoms with Gasteiger partial charge in [0.2, 0.25) is 0 Å². The Bertz CT molecular complexity index is 1090. The molecule has 142 valence electrons. The third-order valence-electron chi connectivity index (χ3n) is 5.36. The van der Waals surface area contributed by atoms with E-state index in [4.69, 9.17) is 9.97 Å². The lowest BCUT2D eigenvalue weighted by atomic mass is 9.95. The number of aromatic nitrogens is 2. The Balaban J connectivity index is 1.53. The van der Waals surface area contributed by atoms with E-state index in [-0.39, 0.29) is 0 Å². The first kappa shape index (κ1) is 18.0. The van der Waals surface area contributed by atoms with Gasteiger partial charge in [-0.25, -0.2) is 9.97 Å². The fourth-order valence-corrected chi connectivity index (χ4v) is 5.79. The highest BCUT2D eigenvalue weighted by Gasteiger charge is 2.19. The maximum absolute atomic E-state index is 4.96. The van der Waals surface area contributed by atoms with Crippen LogP contribution < -0.4 is 5.32 Å². The zero-order valence-electron chi connectivity index (χ0n) is 15.7. The van der Waals surface area contributed by atoms with Crippen LogP contribution in [0, 0.1) is 0 Å². The lowest BCUT2D eigenvalue weighted by Crippen LogP contribution is -2.23. The topological polar surface area (TPSA) is 37.8 Å². The van der Waals surface area contributed by atoms with Crippen molar-refractivity contribution in [2.24, 2.45) is 0 Å². The predicted octanol–water partition coefficient (Wildman–Crippen LogP) is 6.88. The summed E-state index contributed by atoms with van der Waals surface area (Å²) in [5.41, 5.74) is 2.39. The van der Waals surface area contributed by atoms with E-state index < -0.39 is 0 Å². The average molecular weight is 406 g/mol. The van der Waals surface area contributed by atoms with E-state index in [1.54, 1.807) is 23.1 Å². The second kappa shape index (κ2) is 8.10. The van der Waals surface area contributed by atoms with Crippen LogP contribution >= 0.6 is 23.1 Å². The van der Waals surface area contributed by atoms with Crippen molar-refractivity contribution in [1.29, 1.82) is 0 Å². The van der Waals surface area contributed by atoms with E-state index in [2.05, 4.69) is 59.9 Å². The first-order valence-electron chi connectivity index (χ1n) is 9.99. The molecule has 1 aliphatic rings. The quantitative estimate of drug-likeness (QED) is 0.290. The van der Waals surface area contributed by atoms with Crippen LogP contribution in [0.15, 0.2) is 59.8 Å². The molecule has 1 fully saturated rings. The van der Waals surface area contributed by atoms with Crippen LogP contribution in [0.5, 0.6) is 0 Å². The molecular formula is C23H23N3S2. The lowest BCUT2D eigenvalue weighted by molar-refractivity contribution is 0.462. The predicted molar refractivity (Wildman–Crippen MR) is 121 cm³/mol. The molecule has 0 spiro atoms. The second-order valence-corrected chi connectivity index (χ2v) is 9.38. The van der Waals surface area contributed by atoms with Crippen molar-refractivity contribution in [3.63, 3.8) is 0 Å². The zero-order chi connectivity index (χ0) is 18.8. The molecule has 0 radical (unpaired) electrons. The van der Waals surface area contributed by atoms with Crippen molar-refractivity contribution >= 4 is 49.2 Å². The van der Waals surface area contributed by atoms with Crippen molar-refractivity contribution in [3.05, 3.63) is 60.2 Å². The number of anilines is 1. The monoisotopic (exact) mass is 405 g/mol. The number of nitrogens with one attached hydrogen (secondary N) is 1. The Morgan fingerprint density at radius 3 is 2.57 bits per heavy atom. The number of hydrogen-bond donors (Lipinski definition) is 1. The van der Waals surface area contributed by atoms with Gasteiger partial charge in [0.1, 0.15) is 5.82 Å². The van der Waals surface area contributed by atoms with Crippen LogP contribution in [0.4, 0.5) is 5.82 Å². The van der Waals surface area contributed by atoms with Gasteiger partial charge in [0, 0.05) is 21.9 Å². The van der Waals surface area contributed by atoms with Crippen molar-refractivity contribution in [2.75, 3.05) is 5.32 Å². The van der Waals surface area contributed by atoms with Crippen molar-refractivity contribution in [3.8, 4) is 0 Å². The zero-order valence-corrected chi connectivity index (χ0v) is 17.4. The van der Waals surface area contributed by atoms with Crippen molar-refractivity contribution in [2.45, 2.75) is 49.1 Å². The number of thioether (sulfide) groups is 1. The Hall–Kier alpha value is -2.11. The van der Waals surface area contributed by atoms with Gasteiger partial charge in [-0.2, -0.15) is 0 Å². The number of hydrogen-bond acceptors (Lipinski definition) is 5. The smallest absolute Gasteiger partial charge is 0.190 e. The normalized spacial score (nSPS) is 15.3. The molecule has 2 aromatic carbocycles. The summed E-state index contributed by atoms with van der Waals surface area (Å²) in [4.78, 5) is 9.91. The molecule has 0 unspecified atom stereocenters. The molecule has 28 heavy (non-hydrogen) atoms. The molecule has 0 bridgehead atoms.